The number of aliphatic imine (C=N–C) groups is 1. The second kappa shape index (κ2) is 12.4. The monoisotopic (exact) mass is 549 g/mol. The molecule has 6 nitrogen and oxygen atoms in total. The van der Waals surface area contributed by atoms with Crippen LogP contribution in [0.25, 0.3) is 0 Å². The minimum atomic E-state index is -0.245. The smallest absolute Gasteiger partial charge is 0.194 e. The molecule has 2 aromatic carbocycles. The van der Waals surface area contributed by atoms with Crippen molar-refractivity contribution in [3.8, 4) is 0 Å². The van der Waals surface area contributed by atoms with Gasteiger partial charge in [0.25, 0.3) is 0 Å². The van der Waals surface area contributed by atoms with Gasteiger partial charge in [-0.1, -0.05) is 42.5 Å². The van der Waals surface area contributed by atoms with Gasteiger partial charge in [0, 0.05) is 58.0 Å². The zero-order chi connectivity index (χ0) is 21.5. The van der Waals surface area contributed by atoms with Crippen LogP contribution in [0.5, 0.6) is 0 Å². The molecular weight excluding hydrogens is 513 g/mol. The zero-order valence-electron chi connectivity index (χ0n) is 19.0. The highest BCUT2D eigenvalue weighted by Crippen LogP contribution is 2.19. The van der Waals surface area contributed by atoms with Crippen LogP contribution in [0, 0.1) is 0 Å². The van der Waals surface area contributed by atoms with Gasteiger partial charge >= 0.3 is 0 Å². The van der Waals surface area contributed by atoms with Crippen LogP contribution in [-0.4, -0.2) is 72.8 Å². The highest BCUT2D eigenvalue weighted by Gasteiger charge is 2.23. The number of hydrogen-bond donors (Lipinski definition) is 2. The Kier molecular flexibility index (Phi) is 9.62. The van der Waals surface area contributed by atoms with E-state index in [1.165, 1.54) is 16.8 Å². The third kappa shape index (κ3) is 6.59. The number of para-hydroxylation sites is 1. The largest absolute Gasteiger partial charge is 0.391 e. The number of likely N-dealkylation sites (tertiary alicyclic amines) is 1. The van der Waals surface area contributed by atoms with Gasteiger partial charge in [0.1, 0.15) is 0 Å². The van der Waals surface area contributed by atoms with Crippen LogP contribution in [0.15, 0.2) is 59.6 Å². The van der Waals surface area contributed by atoms with Gasteiger partial charge in [-0.15, -0.1) is 24.0 Å². The number of hydrogen-bond acceptors (Lipinski definition) is 4. The molecule has 174 valence electrons. The highest BCUT2D eigenvalue weighted by molar-refractivity contribution is 14.0. The number of nitrogens with one attached hydrogen (secondary N) is 1. The molecule has 0 spiro atoms. The Morgan fingerprint density at radius 2 is 1.66 bits per heavy atom. The molecule has 0 radical (unpaired) electrons. The van der Waals surface area contributed by atoms with Crippen LogP contribution in [0.4, 0.5) is 5.69 Å². The predicted molar refractivity (Wildman–Crippen MR) is 143 cm³/mol. The minimum Gasteiger partial charge on any atom is -0.391 e. The van der Waals surface area contributed by atoms with E-state index in [1.807, 2.05) is 0 Å². The van der Waals surface area contributed by atoms with Crippen LogP contribution in [0.1, 0.15) is 24.5 Å². The Labute approximate surface area is 209 Å². The van der Waals surface area contributed by atoms with Crippen LogP contribution in [0.3, 0.4) is 0 Å². The molecule has 0 aromatic heterocycles. The molecule has 32 heavy (non-hydrogen) atoms. The van der Waals surface area contributed by atoms with Crippen molar-refractivity contribution in [2.75, 3.05) is 50.7 Å². The van der Waals surface area contributed by atoms with E-state index in [0.717, 1.165) is 58.2 Å². The number of β-amino-alcohol motifs (C(OH)–C–C–N with tert-alkyl or cyclic N) is 1. The normalized spacial score (nSPS) is 19.7. The molecule has 7 heteroatoms. The number of anilines is 1. The molecule has 2 aromatic rings. The molecule has 2 N–H and O–H groups in total. The fourth-order valence-corrected chi connectivity index (χ4v) is 4.43. The average Bonchev–Trinajstić information content (AvgIpc) is 3.25. The molecule has 1 atom stereocenters. The van der Waals surface area contributed by atoms with Gasteiger partial charge in [-0.2, -0.15) is 0 Å². The van der Waals surface area contributed by atoms with Crippen molar-refractivity contribution in [3.05, 3.63) is 65.7 Å². The molecule has 2 aliphatic rings. The van der Waals surface area contributed by atoms with Crippen molar-refractivity contribution in [3.63, 3.8) is 0 Å². The van der Waals surface area contributed by atoms with E-state index >= 15 is 0 Å². The van der Waals surface area contributed by atoms with Gasteiger partial charge in [-0.25, -0.2) is 4.99 Å². The molecule has 2 heterocycles. The first-order valence-electron chi connectivity index (χ1n) is 11.5. The lowest BCUT2D eigenvalue weighted by molar-refractivity contribution is 0.188. The van der Waals surface area contributed by atoms with Gasteiger partial charge in [-0.05, 0) is 36.6 Å². The van der Waals surface area contributed by atoms with E-state index in [2.05, 4.69) is 81.5 Å². The molecule has 0 amide bonds. The number of aliphatic hydroxyl groups is 1. The SMILES string of the molecule is CCNC(=NCc1ccccc1CN1CCN(c2ccccc2)CC1)N1CC[C@@H](O)C1.I. The average molecular weight is 550 g/mol. The Balaban J connectivity index is 0.00000289. The number of rotatable bonds is 6. The molecule has 0 bridgehead atoms. The number of guanidine groups is 1. The van der Waals surface area contributed by atoms with Crippen LogP contribution >= 0.6 is 24.0 Å². The maximum absolute atomic E-state index is 9.89. The maximum Gasteiger partial charge on any atom is 0.194 e. The van der Waals surface area contributed by atoms with E-state index in [1.54, 1.807) is 0 Å². The summed E-state index contributed by atoms with van der Waals surface area (Å²) in [6.45, 7) is 10.3. The Bertz CT molecular complexity index is 854. The molecule has 0 unspecified atom stereocenters. The van der Waals surface area contributed by atoms with Crippen molar-refractivity contribution in [2.24, 2.45) is 4.99 Å². The summed E-state index contributed by atoms with van der Waals surface area (Å²) in [6.07, 6.45) is 0.571. The lowest BCUT2D eigenvalue weighted by Crippen LogP contribution is -2.46. The van der Waals surface area contributed by atoms with Crippen molar-refractivity contribution in [1.29, 1.82) is 0 Å². The van der Waals surface area contributed by atoms with E-state index in [-0.39, 0.29) is 30.1 Å². The molecular formula is C25H36IN5O. The fraction of sp³-hybridized carbons (Fsp3) is 0.480. The summed E-state index contributed by atoms with van der Waals surface area (Å²) >= 11 is 0. The summed E-state index contributed by atoms with van der Waals surface area (Å²) in [5.41, 5.74) is 3.96. The number of aliphatic hydroxyl groups excluding tert-OH is 1. The molecule has 2 fully saturated rings. The van der Waals surface area contributed by atoms with Crippen LogP contribution in [0.2, 0.25) is 0 Å². The first-order chi connectivity index (χ1) is 15.2. The van der Waals surface area contributed by atoms with E-state index in [0.29, 0.717) is 13.1 Å². The number of piperazine rings is 1. The summed E-state index contributed by atoms with van der Waals surface area (Å²) in [5.74, 6) is 0.908. The standard InChI is InChI=1S/C25H35N5O.HI/c1-2-26-25(30-13-12-24(31)20-30)27-18-21-8-6-7-9-22(21)19-28-14-16-29(17-15-28)23-10-4-3-5-11-23;/h3-11,24,31H,2,12-20H2,1H3,(H,26,27);1H/t24-;/m1./s1. The van der Waals surface area contributed by atoms with Crippen LogP contribution in [-0.2, 0) is 13.1 Å². The lowest BCUT2D eigenvalue weighted by Gasteiger charge is -2.36. The minimum absolute atomic E-state index is 0. The second-order valence-electron chi connectivity index (χ2n) is 8.43. The molecule has 0 aliphatic carbocycles. The quantitative estimate of drug-likeness (QED) is 0.330. The Hall–Kier alpha value is -1.84. The maximum atomic E-state index is 9.89. The first-order valence-corrected chi connectivity index (χ1v) is 11.5. The summed E-state index contributed by atoms with van der Waals surface area (Å²) < 4.78 is 0. The topological polar surface area (TPSA) is 54.3 Å². The van der Waals surface area contributed by atoms with Crippen molar-refractivity contribution in [1.82, 2.24) is 15.1 Å². The van der Waals surface area contributed by atoms with Crippen molar-refractivity contribution < 1.29 is 5.11 Å². The Morgan fingerprint density at radius 1 is 0.969 bits per heavy atom. The summed E-state index contributed by atoms with van der Waals surface area (Å²) in [7, 11) is 0. The van der Waals surface area contributed by atoms with Gasteiger partial charge in [0.15, 0.2) is 5.96 Å². The predicted octanol–water partition coefficient (Wildman–Crippen LogP) is 3.16. The highest BCUT2D eigenvalue weighted by atomic mass is 127. The number of halogens is 1. The van der Waals surface area contributed by atoms with Gasteiger partial charge in [0.2, 0.25) is 0 Å². The molecule has 2 saturated heterocycles. The number of nitrogens with zero attached hydrogens (tertiary/aromatic N) is 4. The fourth-order valence-electron chi connectivity index (χ4n) is 4.43. The number of benzene rings is 2. The van der Waals surface area contributed by atoms with Crippen molar-refractivity contribution in [2.45, 2.75) is 32.5 Å². The Morgan fingerprint density at radius 3 is 2.31 bits per heavy atom. The summed E-state index contributed by atoms with van der Waals surface area (Å²) in [5, 5.41) is 13.3. The van der Waals surface area contributed by atoms with Crippen molar-refractivity contribution >= 4 is 35.6 Å². The zero-order valence-corrected chi connectivity index (χ0v) is 21.3. The summed E-state index contributed by atoms with van der Waals surface area (Å²) in [6, 6.07) is 19.4. The molecule has 2 aliphatic heterocycles. The first kappa shape index (κ1) is 24.8. The van der Waals surface area contributed by atoms with Gasteiger partial charge in [0.05, 0.1) is 12.6 Å². The molecule has 4 rings (SSSR count). The second-order valence-corrected chi connectivity index (χ2v) is 8.43. The van der Waals surface area contributed by atoms with Gasteiger partial charge < -0.3 is 20.2 Å². The van der Waals surface area contributed by atoms with E-state index in [9.17, 15) is 5.11 Å². The lowest BCUT2D eigenvalue weighted by atomic mass is 10.1. The third-order valence-corrected chi connectivity index (χ3v) is 6.20. The third-order valence-electron chi connectivity index (χ3n) is 6.20. The van der Waals surface area contributed by atoms with E-state index < -0.39 is 0 Å². The van der Waals surface area contributed by atoms with Crippen LogP contribution < -0.4 is 10.2 Å². The molecule has 0 saturated carbocycles. The summed E-state index contributed by atoms with van der Waals surface area (Å²) in [4.78, 5) is 12.1. The van der Waals surface area contributed by atoms with Gasteiger partial charge in [-0.3, -0.25) is 4.90 Å². The van der Waals surface area contributed by atoms with E-state index in [4.69, 9.17) is 4.99 Å².